The Kier molecular flexibility index (Phi) is 6.79. The SMILES string of the molecule is O=C(c1ccccc1F)N1CCN(C(=NC2(C(=O)NCCC3CC3)CCC2)c2ccccn2)CC1. The Bertz CT molecular complexity index is 1090. The van der Waals surface area contributed by atoms with Gasteiger partial charge in [-0.1, -0.05) is 31.0 Å². The molecule has 7 nitrogen and oxygen atoms in total. The molecule has 2 aromatic rings. The molecule has 5 rings (SSSR count). The van der Waals surface area contributed by atoms with E-state index in [9.17, 15) is 14.0 Å². The number of piperazine rings is 1. The lowest BCUT2D eigenvalue weighted by atomic mass is 9.76. The van der Waals surface area contributed by atoms with Gasteiger partial charge in [0, 0.05) is 38.9 Å². The number of amides is 2. The van der Waals surface area contributed by atoms with Crippen molar-refractivity contribution in [2.75, 3.05) is 32.7 Å². The molecule has 1 aromatic heterocycles. The first-order valence-electron chi connectivity index (χ1n) is 12.6. The van der Waals surface area contributed by atoms with Crippen LogP contribution in [0.3, 0.4) is 0 Å². The molecule has 0 unspecified atom stereocenters. The predicted molar refractivity (Wildman–Crippen MR) is 132 cm³/mol. The van der Waals surface area contributed by atoms with Gasteiger partial charge in [0.1, 0.15) is 17.1 Å². The number of rotatable bonds is 7. The fourth-order valence-corrected chi connectivity index (χ4v) is 4.78. The minimum atomic E-state index is -0.753. The van der Waals surface area contributed by atoms with Crippen LogP contribution in [-0.4, -0.2) is 70.7 Å². The molecule has 3 fully saturated rings. The van der Waals surface area contributed by atoms with Crippen LogP contribution >= 0.6 is 0 Å². The highest BCUT2D eigenvalue weighted by atomic mass is 19.1. The van der Waals surface area contributed by atoms with Crippen molar-refractivity contribution < 1.29 is 14.0 Å². The number of carbonyl (C=O) groups is 2. The van der Waals surface area contributed by atoms with Gasteiger partial charge in [0.2, 0.25) is 5.91 Å². The van der Waals surface area contributed by atoms with E-state index in [2.05, 4.69) is 15.2 Å². The highest BCUT2D eigenvalue weighted by molar-refractivity contribution is 6.00. The summed E-state index contributed by atoms with van der Waals surface area (Å²) in [6.07, 6.45) is 7.74. The largest absolute Gasteiger partial charge is 0.354 e. The molecule has 8 heteroatoms. The fraction of sp³-hybridized carbons (Fsp3) is 0.481. The number of aliphatic imine (C=N–C) groups is 1. The first-order valence-corrected chi connectivity index (χ1v) is 12.6. The highest BCUT2D eigenvalue weighted by Gasteiger charge is 2.45. The minimum Gasteiger partial charge on any atom is -0.354 e. The first kappa shape index (κ1) is 23.5. The molecule has 1 aliphatic heterocycles. The zero-order chi connectivity index (χ0) is 24.3. The van der Waals surface area contributed by atoms with E-state index in [1.807, 2.05) is 18.2 Å². The van der Waals surface area contributed by atoms with Gasteiger partial charge in [0.15, 0.2) is 5.84 Å². The highest BCUT2D eigenvalue weighted by Crippen LogP contribution is 2.37. The maximum Gasteiger partial charge on any atom is 0.256 e. The summed E-state index contributed by atoms with van der Waals surface area (Å²) in [6.45, 7) is 2.67. The molecule has 2 saturated carbocycles. The van der Waals surface area contributed by atoms with Crippen LogP contribution in [0, 0.1) is 11.7 Å². The molecule has 184 valence electrons. The number of halogens is 1. The van der Waals surface area contributed by atoms with Gasteiger partial charge < -0.3 is 15.1 Å². The number of nitrogens with zero attached hydrogens (tertiary/aromatic N) is 4. The average molecular weight is 478 g/mol. The number of aromatic nitrogens is 1. The molecule has 0 atom stereocenters. The van der Waals surface area contributed by atoms with Crippen molar-refractivity contribution in [3.8, 4) is 0 Å². The number of carbonyl (C=O) groups excluding carboxylic acids is 2. The van der Waals surface area contributed by atoms with Gasteiger partial charge in [-0.2, -0.15) is 0 Å². The number of hydrogen-bond donors (Lipinski definition) is 1. The molecule has 1 N–H and O–H groups in total. The molecule has 35 heavy (non-hydrogen) atoms. The molecule has 1 aromatic carbocycles. The summed E-state index contributed by atoms with van der Waals surface area (Å²) in [4.78, 5) is 39.4. The molecule has 0 radical (unpaired) electrons. The zero-order valence-corrected chi connectivity index (χ0v) is 20.0. The lowest BCUT2D eigenvalue weighted by Gasteiger charge is -2.41. The van der Waals surface area contributed by atoms with E-state index in [0.29, 0.717) is 38.6 Å². The number of benzene rings is 1. The monoisotopic (exact) mass is 477 g/mol. The van der Waals surface area contributed by atoms with Crippen LogP contribution in [0.4, 0.5) is 4.39 Å². The Labute approximate surface area is 205 Å². The van der Waals surface area contributed by atoms with Gasteiger partial charge in [-0.25, -0.2) is 9.38 Å². The third kappa shape index (κ3) is 5.21. The molecule has 2 amide bonds. The molecule has 0 spiro atoms. The summed E-state index contributed by atoms with van der Waals surface area (Å²) in [6, 6.07) is 11.8. The number of hydrogen-bond acceptors (Lipinski definition) is 4. The van der Waals surface area contributed by atoms with E-state index >= 15 is 0 Å². The van der Waals surface area contributed by atoms with Gasteiger partial charge in [0.05, 0.1) is 5.56 Å². The van der Waals surface area contributed by atoms with Crippen molar-refractivity contribution in [2.45, 2.75) is 44.1 Å². The summed E-state index contributed by atoms with van der Waals surface area (Å²) in [5, 5.41) is 3.13. The Balaban J connectivity index is 1.32. The van der Waals surface area contributed by atoms with E-state index in [4.69, 9.17) is 4.99 Å². The third-order valence-corrected chi connectivity index (χ3v) is 7.32. The second-order valence-electron chi connectivity index (χ2n) is 9.78. The molecule has 3 aliphatic rings. The van der Waals surface area contributed by atoms with Crippen LogP contribution in [0.1, 0.15) is 54.6 Å². The predicted octanol–water partition coefficient (Wildman–Crippen LogP) is 3.26. The van der Waals surface area contributed by atoms with Crippen LogP contribution < -0.4 is 5.32 Å². The van der Waals surface area contributed by atoms with Crippen LogP contribution in [0.15, 0.2) is 53.7 Å². The van der Waals surface area contributed by atoms with Crippen LogP contribution in [0.2, 0.25) is 0 Å². The van der Waals surface area contributed by atoms with Gasteiger partial charge in [0.25, 0.3) is 5.91 Å². The van der Waals surface area contributed by atoms with Crippen molar-refractivity contribution in [3.63, 3.8) is 0 Å². The summed E-state index contributed by atoms with van der Waals surface area (Å²) in [5.74, 6) is 0.662. The normalized spacial score (nSPS) is 19.7. The fourth-order valence-electron chi connectivity index (χ4n) is 4.78. The van der Waals surface area contributed by atoms with Gasteiger partial charge in [-0.05, 0) is 55.9 Å². The first-order chi connectivity index (χ1) is 17.1. The number of nitrogens with one attached hydrogen (secondary N) is 1. The standard InChI is InChI=1S/C27H32FN5O2/c28-22-7-2-1-6-21(22)25(34)33-18-16-32(17-19-33)24(23-8-3-4-14-29-23)31-27(12-5-13-27)26(35)30-15-11-20-9-10-20/h1-4,6-8,14,20H,5,9-13,15-19H2,(H,30,35). The Hall–Kier alpha value is -3.29. The lowest BCUT2D eigenvalue weighted by molar-refractivity contribution is -0.129. The molecule has 2 heterocycles. The van der Waals surface area contributed by atoms with Gasteiger partial charge >= 0.3 is 0 Å². The minimum absolute atomic E-state index is 0.00574. The summed E-state index contributed by atoms with van der Waals surface area (Å²) in [7, 11) is 0. The average Bonchev–Trinajstić information content (AvgIpc) is 3.69. The van der Waals surface area contributed by atoms with E-state index < -0.39 is 11.4 Å². The van der Waals surface area contributed by atoms with Gasteiger partial charge in [-0.3, -0.25) is 14.6 Å². The van der Waals surface area contributed by atoms with Crippen molar-refractivity contribution >= 4 is 17.6 Å². The van der Waals surface area contributed by atoms with Crippen molar-refractivity contribution in [1.82, 2.24) is 20.1 Å². The molecular formula is C27H32FN5O2. The second-order valence-corrected chi connectivity index (χ2v) is 9.78. The third-order valence-electron chi connectivity index (χ3n) is 7.32. The Morgan fingerprint density at radius 3 is 2.37 bits per heavy atom. The summed E-state index contributed by atoms with van der Waals surface area (Å²) >= 11 is 0. The van der Waals surface area contributed by atoms with E-state index in [1.54, 1.807) is 23.2 Å². The second kappa shape index (κ2) is 10.1. The quantitative estimate of drug-likeness (QED) is 0.491. The molecule has 0 bridgehead atoms. The van der Waals surface area contributed by atoms with Crippen LogP contribution in [0.25, 0.3) is 0 Å². The lowest BCUT2D eigenvalue weighted by Crippen LogP contribution is -2.54. The maximum absolute atomic E-state index is 14.1. The van der Waals surface area contributed by atoms with E-state index in [1.165, 1.54) is 25.0 Å². The van der Waals surface area contributed by atoms with Crippen LogP contribution in [-0.2, 0) is 4.79 Å². The van der Waals surface area contributed by atoms with Crippen molar-refractivity contribution in [3.05, 3.63) is 65.7 Å². The van der Waals surface area contributed by atoms with Gasteiger partial charge in [-0.15, -0.1) is 0 Å². The molecule has 2 aliphatic carbocycles. The van der Waals surface area contributed by atoms with E-state index in [0.717, 1.165) is 37.3 Å². The zero-order valence-electron chi connectivity index (χ0n) is 20.0. The topological polar surface area (TPSA) is 77.9 Å². The van der Waals surface area contributed by atoms with Crippen molar-refractivity contribution in [1.29, 1.82) is 0 Å². The molecular weight excluding hydrogens is 445 g/mol. The summed E-state index contributed by atoms with van der Waals surface area (Å²) in [5.41, 5.74) is 0.0607. The van der Waals surface area contributed by atoms with Crippen molar-refractivity contribution in [2.24, 2.45) is 10.9 Å². The Morgan fingerprint density at radius 1 is 1.03 bits per heavy atom. The number of pyridine rings is 1. The maximum atomic E-state index is 14.1. The molecule has 1 saturated heterocycles. The smallest absolute Gasteiger partial charge is 0.256 e. The summed E-state index contributed by atoms with van der Waals surface area (Å²) < 4.78 is 14.1. The number of amidine groups is 1. The Morgan fingerprint density at radius 2 is 1.74 bits per heavy atom. The van der Waals surface area contributed by atoms with E-state index in [-0.39, 0.29) is 17.4 Å². The van der Waals surface area contributed by atoms with Crippen LogP contribution in [0.5, 0.6) is 0 Å².